The minimum Gasteiger partial charge on any atom is -0.369 e. The van der Waals surface area contributed by atoms with Crippen molar-refractivity contribution in [2.75, 3.05) is 20.3 Å². The number of benzene rings is 2. The number of hydrogen-bond donors (Lipinski definition) is 1. The minimum atomic E-state index is -1.39. The third-order valence-electron chi connectivity index (χ3n) is 6.46. The topological polar surface area (TPSA) is 96.6 Å². The predicted molar refractivity (Wildman–Crippen MR) is 119 cm³/mol. The van der Waals surface area contributed by atoms with Crippen LogP contribution in [-0.2, 0) is 19.8 Å². The monoisotopic (exact) mass is 444 g/mol. The second-order valence-corrected chi connectivity index (χ2v) is 8.45. The SMILES string of the molecule is CN1C(=O)[C@](c2cccc(-c3cccnc3F)c2)(c2ccc(C3CO3)c(C3CO3)c2)N=C1N. The van der Waals surface area contributed by atoms with E-state index in [2.05, 4.69) is 9.98 Å². The fourth-order valence-corrected chi connectivity index (χ4v) is 4.52. The highest BCUT2D eigenvalue weighted by Crippen LogP contribution is 2.45. The maximum Gasteiger partial charge on any atom is 0.266 e. The molecule has 166 valence electrons. The number of guanidine groups is 1. The van der Waals surface area contributed by atoms with Crippen LogP contribution < -0.4 is 5.73 Å². The van der Waals surface area contributed by atoms with Crippen molar-refractivity contribution in [1.29, 1.82) is 0 Å². The second kappa shape index (κ2) is 7.19. The zero-order valence-corrected chi connectivity index (χ0v) is 17.9. The Labute approximate surface area is 189 Å². The Morgan fingerprint density at radius 1 is 1.03 bits per heavy atom. The van der Waals surface area contributed by atoms with Gasteiger partial charge < -0.3 is 15.2 Å². The van der Waals surface area contributed by atoms with Crippen LogP contribution in [0.1, 0.15) is 34.5 Å². The number of aliphatic imine (C=N–C) groups is 1. The van der Waals surface area contributed by atoms with Crippen molar-refractivity contribution in [2.45, 2.75) is 17.7 Å². The number of halogens is 1. The molecule has 0 aliphatic carbocycles. The Morgan fingerprint density at radius 2 is 1.76 bits per heavy atom. The van der Waals surface area contributed by atoms with Crippen LogP contribution in [0.3, 0.4) is 0 Å². The van der Waals surface area contributed by atoms with E-state index >= 15 is 0 Å². The summed E-state index contributed by atoms with van der Waals surface area (Å²) in [6.07, 6.45) is 1.44. The molecule has 8 heteroatoms. The molecule has 6 rings (SSSR count). The Kier molecular flexibility index (Phi) is 4.36. The van der Waals surface area contributed by atoms with Crippen LogP contribution in [0.15, 0.2) is 65.8 Å². The van der Waals surface area contributed by atoms with Gasteiger partial charge in [0.1, 0.15) is 12.2 Å². The third-order valence-corrected chi connectivity index (χ3v) is 6.46. The zero-order chi connectivity index (χ0) is 22.7. The van der Waals surface area contributed by atoms with Crippen LogP contribution in [0.5, 0.6) is 0 Å². The normalized spacial score (nSPS) is 25.8. The maximum absolute atomic E-state index is 14.4. The van der Waals surface area contributed by atoms with Crippen LogP contribution in [0.4, 0.5) is 4.39 Å². The first-order valence-electron chi connectivity index (χ1n) is 10.7. The fourth-order valence-electron chi connectivity index (χ4n) is 4.52. The molecule has 3 atom stereocenters. The molecule has 33 heavy (non-hydrogen) atoms. The summed E-state index contributed by atoms with van der Waals surface area (Å²) >= 11 is 0. The second-order valence-electron chi connectivity index (χ2n) is 8.45. The molecule has 1 aromatic heterocycles. The number of hydrogen-bond acceptors (Lipinski definition) is 6. The van der Waals surface area contributed by atoms with Crippen molar-refractivity contribution >= 4 is 11.9 Å². The number of amides is 1. The van der Waals surface area contributed by atoms with Gasteiger partial charge in [-0.3, -0.25) is 9.69 Å². The molecule has 0 radical (unpaired) electrons. The quantitative estimate of drug-likeness (QED) is 0.482. The fraction of sp³-hybridized carbons (Fsp3) is 0.240. The summed E-state index contributed by atoms with van der Waals surface area (Å²) in [5.74, 6) is -0.734. The molecule has 3 aliphatic heterocycles. The number of rotatable bonds is 5. The van der Waals surface area contributed by atoms with Gasteiger partial charge in [0.25, 0.3) is 5.91 Å². The summed E-state index contributed by atoms with van der Waals surface area (Å²) in [5, 5.41) is 0. The Bertz CT molecular complexity index is 1320. The Hall–Kier alpha value is -3.62. The van der Waals surface area contributed by atoms with E-state index in [0.29, 0.717) is 35.5 Å². The summed E-state index contributed by atoms with van der Waals surface area (Å²) < 4.78 is 25.5. The standard InChI is InChI=1S/C25H21FN4O3/c1-30-23(31)25(29-24(30)27,15-5-2-4-14(10-15)17-6-3-9-28-22(17)26)16-7-8-18(20-12-32-20)19(11-16)21-13-33-21/h2-11,20-21H,12-13H2,1H3,(H2,27,29)/t20?,21?,25-/m0/s1. The number of nitrogens with zero attached hydrogens (tertiary/aromatic N) is 3. The van der Waals surface area contributed by atoms with Gasteiger partial charge in [-0.1, -0.05) is 30.3 Å². The molecule has 3 aromatic rings. The van der Waals surface area contributed by atoms with E-state index in [9.17, 15) is 9.18 Å². The molecule has 2 unspecified atom stereocenters. The smallest absolute Gasteiger partial charge is 0.266 e. The third kappa shape index (κ3) is 3.13. The minimum absolute atomic E-state index is 0.0208. The number of ether oxygens (including phenoxy) is 2. The highest BCUT2D eigenvalue weighted by molar-refractivity contribution is 6.09. The number of epoxide rings is 2. The van der Waals surface area contributed by atoms with Crippen LogP contribution in [0, 0.1) is 5.95 Å². The molecule has 2 N–H and O–H groups in total. The lowest BCUT2D eigenvalue weighted by molar-refractivity contribution is -0.129. The van der Waals surface area contributed by atoms with E-state index < -0.39 is 11.5 Å². The van der Waals surface area contributed by atoms with Gasteiger partial charge in [0.05, 0.1) is 13.2 Å². The molecule has 2 aromatic carbocycles. The highest BCUT2D eigenvalue weighted by Gasteiger charge is 2.50. The van der Waals surface area contributed by atoms with Gasteiger partial charge in [-0.2, -0.15) is 4.39 Å². The molecule has 0 saturated carbocycles. The van der Waals surface area contributed by atoms with Crippen molar-refractivity contribution < 1.29 is 18.7 Å². The number of likely N-dealkylation sites (N-methyl/N-ethyl adjacent to an activating group) is 1. The van der Waals surface area contributed by atoms with Crippen LogP contribution >= 0.6 is 0 Å². The van der Waals surface area contributed by atoms with Gasteiger partial charge in [-0.15, -0.1) is 0 Å². The van der Waals surface area contributed by atoms with E-state index in [-0.39, 0.29) is 24.1 Å². The number of carbonyl (C=O) groups excluding carboxylic acids is 1. The highest BCUT2D eigenvalue weighted by atomic mass is 19.1. The molecule has 7 nitrogen and oxygen atoms in total. The summed E-state index contributed by atoms with van der Waals surface area (Å²) in [6.45, 7) is 1.31. The van der Waals surface area contributed by atoms with Crippen molar-refractivity contribution in [3.8, 4) is 11.1 Å². The maximum atomic E-state index is 14.4. The van der Waals surface area contributed by atoms with E-state index in [4.69, 9.17) is 15.2 Å². The number of aromatic nitrogens is 1. The molecule has 2 saturated heterocycles. The first-order chi connectivity index (χ1) is 16.0. The number of nitrogens with two attached hydrogens (primary N) is 1. The van der Waals surface area contributed by atoms with Crippen LogP contribution in [-0.4, -0.2) is 42.0 Å². The first kappa shape index (κ1) is 20.0. The van der Waals surface area contributed by atoms with Gasteiger partial charge in [-0.05, 0) is 52.1 Å². The van der Waals surface area contributed by atoms with Gasteiger partial charge in [0.15, 0.2) is 11.5 Å². The van der Waals surface area contributed by atoms with Gasteiger partial charge in [0.2, 0.25) is 5.95 Å². The van der Waals surface area contributed by atoms with E-state index in [1.165, 1.54) is 11.1 Å². The van der Waals surface area contributed by atoms with E-state index in [1.54, 1.807) is 37.4 Å². The molecule has 4 heterocycles. The first-order valence-corrected chi connectivity index (χ1v) is 10.7. The molecule has 3 aliphatic rings. The van der Waals surface area contributed by atoms with Gasteiger partial charge in [0, 0.05) is 18.8 Å². The Balaban J connectivity index is 1.55. The van der Waals surface area contributed by atoms with Crippen LogP contribution in [0.25, 0.3) is 11.1 Å². The van der Waals surface area contributed by atoms with Crippen LogP contribution in [0.2, 0.25) is 0 Å². The van der Waals surface area contributed by atoms with Gasteiger partial charge in [-0.25, -0.2) is 9.98 Å². The van der Waals surface area contributed by atoms with Gasteiger partial charge >= 0.3 is 0 Å². The summed E-state index contributed by atoms with van der Waals surface area (Å²) in [4.78, 5) is 23.5. The van der Waals surface area contributed by atoms with E-state index in [1.807, 2.05) is 24.3 Å². The van der Waals surface area contributed by atoms with Crippen molar-refractivity contribution in [2.24, 2.45) is 10.7 Å². The average Bonchev–Trinajstić information content (AvgIpc) is 3.75. The molecular weight excluding hydrogens is 423 g/mol. The summed E-state index contributed by atoms with van der Waals surface area (Å²) in [6, 6.07) is 16.3. The summed E-state index contributed by atoms with van der Waals surface area (Å²) in [7, 11) is 1.60. The molecule has 0 spiro atoms. The molecular formula is C25H21FN4O3. The lowest BCUT2D eigenvalue weighted by Gasteiger charge is -2.27. The zero-order valence-electron chi connectivity index (χ0n) is 17.9. The molecule has 0 bridgehead atoms. The number of pyridine rings is 1. The lowest BCUT2D eigenvalue weighted by atomic mass is 9.80. The van der Waals surface area contributed by atoms with Crippen molar-refractivity contribution in [3.63, 3.8) is 0 Å². The van der Waals surface area contributed by atoms with Crippen molar-refractivity contribution in [3.05, 3.63) is 89.0 Å². The number of carbonyl (C=O) groups is 1. The lowest BCUT2D eigenvalue weighted by Crippen LogP contribution is -2.41. The summed E-state index contributed by atoms with van der Waals surface area (Å²) in [5.41, 5.74) is 9.03. The van der Waals surface area contributed by atoms with E-state index in [0.717, 1.165) is 11.1 Å². The average molecular weight is 444 g/mol. The largest absolute Gasteiger partial charge is 0.369 e. The molecule has 2 fully saturated rings. The molecule has 1 amide bonds. The van der Waals surface area contributed by atoms with Crippen molar-refractivity contribution in [1.82, 2.24) is 9.88 Å². The Morgan fingerprint density at radius 3 is 2.42 bits per heavy atom. The predicted octanol–water partition coefficient (Wildman–Crippen LogP) is 3.06.